The predicted octanol–water partition coefficient (Wildman–Crippen LogP) is 4.46. The summed E-state index contributed by atoms with van der Waals surface area (Å²) in [6, 6.07) is 13.2. The predicted molar refractivity (Wildman–Crippen MR) is 74.6 cm³/mol. The Balaban J connectivity index is 2.30. The van der Waals surface area contributed by atoms with Crippen LogP contribution in [0.2, 0.25) is 5.02 Å². The number of halogens is 2. The Bertz CT molecular complexity index is 614. The van der Waals surface area contributed by atoms with Crippen LogP contribution in [0.15, 0.2) is 42.5 Å². The molecule has 96 valence electrons. The normalized spacial score (nSPS) is 11.7. The number of nitriles is 1. The summed E-state index contributed by atoms with van der Waals surface area (Å²) in [5.74, 6) is -0.335. The van der Waals surface area contributed by atoms with Crippen molar-refractivity contribution < 1.29 is 4.39 Å². The zero-order valence-electron chi connectivity index (χ0n) is 10.3. The van der Waals surface area contributed by atoms with Gasteiger partial charge in [-0.2, -0.15) is 5.26 Å². The lowest BCUT2D eigenvalue weighted by Crippen LogP contribution is -2.09. The first kappa shape index (κ1) is 13.4. The molecule has 2 aromatic carbocycles. The minimum atomic E-state index is -0.616. The van der Waals surface area contributed by atoms with Crippen molar-refractivity contribution in [1.82, 2.24) is 0 Å². The molecule has 1 unspecified atom stereocenters. The molecule has 0 aromatic heterocycles. The highest BCUT2D eigenvalue weighted by Crippen LogP contribution is 2.26. The van der Waals surface area contributed by atoms with Crippen LogP contribution >= 0.6 is 11.6 Å². The highest BCUT2D eigenvalue weighted by molar-refractivity contribution is 6.31. The van der Waals surface area contributed by atoms with Gasteiger partial charge in [-0.05, 0) is 36.8 Å². The topological polar surface area (TPSA) is 35.8 Å². The smallest absolute Gasteiger partial charge is 0.141 e. The molecule has 4 heteroatoms. The molecule has 2 aromatic rings. The van der Waals surface area contributed by atoms with Crippen molar-refractivity contribution in [3.63, 3.8) is 0 Å². The molecule has 0 bridgehead atoms. The van der Waals surface area contributed by atoms with E-state index in [2.05, 4.69) is 11.4 Å². The van der Waals surface area contributed by atoms with Crippen molar-refractivity contribution >= 4 is 17.3 Å². The summed E-state index contributed by atoms with van der Waals surface area (Å²) < 4.78 is 13.3. The second kappa shape index (κ2) is 5.73. The van der Waals surface area contributed by atoms with E-state index >= 15 is 0 Å². The Hall–Kier alpha value is -2.05. The van der Waals surface area contributed by atoms with Crippen LogP contribution in [0, 0.1) is 24.1 Å². The largest absolute Gasteiger partial charge is 0.366 e. The Morgan fingerprint density at radius 2 is 2.00 bits per heavy atom. The maximum atomic E-state index is 13.3. The SMILES string of the molecule is Cc1cc(F)cc(NC(C#N)c2ccccc2Cl)c1. The van der Waals surface area contributed by atoms with Crippen LogP contribution in [0.25, 0.3) is 0 Å². The van der Waals surface area contributed by atoms with Crippen LogP contribution in [0.4, 0.5) is 10.1 Å². The molecule has 0 saturated heterocycles. The minimum absolute atomic E-state index is 0.335. The summed E-state index contributed by atoms with van der Waals surface area (Å²) in [4.78, 5) is 0. The van der Waals surface area contributed by atoms with E-state index in [1.54, 1.807) is 31.2 Å². The van der Waals surface area contributed by atoms with Crippen molar-refractivity contribution in [3.8, 4) is 6.07 Å². The zero-order chi connectivity index (χ0) is 13.8. The van der Waals surface area contributed by atoms with Gasteiger partial charge in [0.25, 0.3) is 0 Å². The van der Waals surface area contributed by atoms with Crippen LogP contribution in [-0.4, -0.2) is 0 Å². The maximum absolute atomic E-state index is 13.3. The van der Waals surface area contributed by atoms with Crippen LogP contribution in [0.1, 0.15) is 17.2 Å². The van der Waals surface area contributed by atoms with Crippen LogP contribution in [-0.2, 0) is 0 Å². The molecule has 0 aliphatic rings. The average molecular weight is 275 g/mol. The van der Waals surface area contributed by atoms with Gasteiger partial charge < -0.3 is 5.32 Å². The first-order valence-electron chi connectivity index (χ1n) is 5.78. The van der Waals surface area contributed by atoms with E-state index in [0.29, 0.717) is 16.3 Å². The lowest BCUT2D eigenvalue weighted by atomic mass is 10.1. The first-order chi connectivity index (χ1) is 9.10. The third kappa shape index (κ3) is 3.24. The molecule has 1 N–H and O–H groups in total. The maximum Gasteiger partial charge on any atom is 0.141 e. The summed E-state index contributed by atoms with van der Waals surface area (Å²) in [5.41, 5.74) is 2.02. The number of rotatable bonds is 3. The van der Waals surface area contributed by atoms with Crippen molar-refractivity contribution in [2.45, 2.75) is 13.0 Å². The fourth-order valence-corrected chi connectivity index (χ4v) is 2.12. The highest BCUT2D eigenvalue weighted by Gasteiger charge is 2.13. The number of nitrogens with zero attached hydrogens (tertiary/aromatic N) is 1. The number of hydrogen-bond donors (Lipinski definition) is 1. The van der Waals surface area contributed by atoms with Crippen LogP contribution in [0.3, 0.4) is 0 Å². The number of benzene rings is 2. The van der Waals surface area contributed by atoms with Gasteiger partial charge in [0.1, 0.15) is 11.9 Å². The summed E-state index contributed by atoms with van der Waals surface area (Å²) in [7, 11) is 0. The molecule has 0 radical (unpaired) electrons. The Kier molecular flexibility index (Phi) is 4.03. The van der Waals surface area contributed by atoms with Gasteiger partial charge in [-0.25, -0.2) is 4.39 Å². The number of anilines is 1. The second-order valence-electron chi connectivity index (χ2n) is 4.25. The van der Waals surface area contributed by atoms with E-state index in [-0.39, 0.29) is 5.82 Å². The van der Waals surface area contributed by atoms with E-state index in [9.17, 15) is 9.65 Å². The van der Waals surface area contributed by atoms with Gasteiger partial charge in [-0.15, -0.1) is 0 Å². The van der Waals surface area contributed by atoms with Gasteiger partial charge in [0, 0.05) is 16.3 Å². The summed E-state index contributed by atoms with van der Waals surface area (Å²) in [5, 5.41) is 12.7. The number of nitrogens with one attached hydrogen (secondary N) is 1. The molecule has 2 rings (SSSR count). The quantitative estimate of drug-likeness (QED) is 0.897. The van der Waals surface area contributed by atoms with E-state index < -0.39 is 6.04 Å². The monoisotopic (exact) mass is 274 g/mol. The molecule has 0 aliphatic carbocycles. The molecular formula is C15H12ClFN2. The van der Waals surface area contributed by atoms with E-state index in [1.165, 1.54) is 12.1 Å². The van der Waals surface area contributed by atoms with Gasteiger partial charge in [-0.1, -0.05) is 29.8 Å². The van der Waals surface area contributed by atoms with Crippen molar-refractivity contribution in [1.29, 1.82) is 5.26 Å². The summed E-state index contributed by atoms with van der Waals surface area (Å²) in [6.45, 7) is 1.80. The van der Waals surface area contributed by atoms with Gasteiger partial charge in [-0.3, -0.25) is 0 Å². The Labute approximate surface area is 116 Å². The Morgan fingerprint density at radius 1 is 1.26 bits per heavy atom. The molecule has 1 atom stereocenters. The second-order valence-corrected chi connectivity index (χ2v) is 4.65. The van der Waals surface area contributed by atoms with Gasteiger partial charge in [0.05, 0.1) is 6.07 Å². The standard InChI is InChI=1S/C15H12ClFN2/c1-10-6-11(17)8-12(7-10)19-15(9-18)13-4-2-3-5-14(13)16/h2-8,15,19H,1H3. The average Bonchev–Trinajstić information content (AvgIpc) is 2.36. The lowest BCUT2D eigenvalue weighted by Gasteiger charge is -2.15. The van der Waals surface area contributed by atoms with E-state index in [1.807, 2.05) is 6.07 Å². The van der Waals surface area contributed by atoms with Crippen molar-refractivity contribution in [3.05, 3.63) is 64.4 Å². The molecular weight excluding hydrogens is 263 g/mol. The molecule has 2 nitrogen and oxygen atoms in total. The Morgan fingerprint density at radius 3 is 2.63 bits per heavy atom. The van der Waals surface area contributed by atoms with Gasteiger partial charge in [0.15, 0.2) is 0 Å². The minimum Gasteiger partial charge on any atom is -0.366 e. The third-order valence-corrected chi connectivity index (χ3v) is 3.04. The third-order valence-electron chi connectivity index (χ3n) is 2.70. The summed E-state index contributed by atoms with van der Waals surface area (Å²) in [6.07, 6.45) is 0. The van der Waals surface area contributed by atoms with E-state index in [4.69, 9.17) is 11.6 Å². The van der Waals surface area contributed by atoms with Crippen molar-refractivity contribution in [2.75, 3.05) is 5.32 Å². The molecule has 19 heavy (non-hydrogen) atoms. The van der Waals surface area contributed by atoms with E-state index in [0.717, 1.165) is 5.56 Å². The molecule has 0 fully saturated rings. The number of hydrogen-bond acceptors (Lipinski definition) is 2. The molecule has 0 saturated carbocycles. The van der Waals surface area contributed by atoms with Crippen molar-refractivity contribution in [2.24, 2.45) is 0 Å². The fourth-order valence-electron chi connectivity index (χ4n) is 1.88. The summed E-state index contributed by atoms with van der Waals surface area (Å²) >= 11 is 6.06. The fraction of sp³-hybridized carbons (Fsp3) is 0.133. The van der Waals surface area contributed by atoms with Gasteiger partial charge in [0.2, 0.25) is 0 Å². The molecule has 0 aliphatic heterocycles. The zero-order valence-corrected chi connectivity index (χ0v) is 11.1. The molecule has 0 spiro atoms. The van der Waals surface area contributed by atoms with Gasteiger partial charge >= 0.3 is 0 Å². The lowest BCUT2D eigenvalue weighted by molar-refractivity contribution is 0.627. The first-order valence-corrected chi connectivity index (χ1v) is 6.15. The van der Waals surface area contributed by atoms with Crippen LogP contribution < -0.4 is 5.32 Å². The number of aryl methyl sites for hydroxylation is 1. The van der Waals surface area contributed by atoms with Crippen LogP contribution in [0.5, 0.6) is 0 Å². The highest BCUT2D eigenvalue weighted by atomic mass is 35.5. The molecule has 0 heterocycles. The molecule has 0 amide bonds.